The van der Waals surface area contributed by atoms with E-state index in [0.717, 1.165) is 0 Å². The van der Waals surface area contributed by atoms with Gasteiger partial charge in [-0.05, 0) is 12.8 Å². The summed E-state index contributed by atoms with van der Waals surface area (Å²) >= 11 is 0. The molecule has 0 spiro atoms. The van der Waals surface area contributed by atoms with Crippen LogP contribution in [0.2, 0.25) is 0 Å². The number of aromatic nitrogens is 2. The molecule has 0 saturated heterocycles. The molecule has 0 fully saturated rings. The zero-order valence-electron chi connectivity index (χ0n) is 29.7. The van der Waals surface area contributed by atoms with E-state index in [0.29, 0.717) is 0 Å². The number of hydrogen-bond acceptors (Lipinski definition) is 0. The Morgan fingerprint density at radius 2 is 0.500 bits per heavy atom. The Morgan fingerprint density at radius 1 is 0.310 bits per heavy atom. The van der Waals surface area contributed by atoms with E-state index >= 15 is 0 Å². The van der Waals surface area contributed by atoms with E-state index in [-0.39, 0.29) is 0 Å². The van der Waals surface area contributed by atoms with Crippen LogP contribution in [0.1, 0.15) is 218 Å². The third-order valence-corrected chi connectivity index (χ3v) is 9.73. The standard InChI is InChI=1S/C40H78N2/c1-5-7-9-11-13-15-17-19-21-23-25-27-29-31-33-35-39-40(42(4)38-37-41(39)3)36-34-32-30-28-26-24-22-20-18-16-14-12-10-8-6-2/h37-38H,5-36H2,1-4H3/q+2. The highest BCUT2D eigenvalue weighted by atomic mass is 15.0. The molecule has 1 aromatic heterocycles. The van der Waals surface area contributed by atoms with Crippen molar-refractivity contribution >= 4 is 0 Å². The van der Waals surface area contributed by atoms with Crippen LogP contribution in [0, 0.1) is 0 Å². The maximum Gasteiger partial charge on any atom is 0.248 e. The smallest absolute Gasteiger partial charge is 0.195 e. The molecule has 246 valence electrons. The lowest BCUT2D eigenvalue weighted by molar-refractivity contribution is -0.737. The summed E-state index contributed by atoms with van der Waals surface area (Å²) in [5.41, 5.74) is 3.17. The number of unbranched alkanes of at least 4 members (excludes halogenated alkanes) is 28. The van der Waals surface area contributed by atoms with Crippen molar-refractivity contribution in [2.75, 3.05) is 0 Å². The first kappa shape index (κ1) is 39.1. The van der Waals surface area contributed by atoms with Crippen LogP contribution >= 0.6 is 0 Å². The van der Waals surface area contributed by atoms with E-state index in [1.54, 1.807) is 11.4 Å². The summed E-state index contributed by atoms with van der Waals surface area (Å²) in [6, 6.07) is 0. The Labute approximate surface area is 265 Å². The molecule has 0 aromatic carbocycles. The zero-order chi connectivity index (χ0) is 30.4. The Balaban J connectivity index is 2.04. The fourth-order valence-electron chi connectivity index (χ4n) is 6.76. The van der Waals surface area contributed by atoms with E-state index in [1.807, 2.05) is 0 Å². The fourth-order valence-corrected chi connectivity index (χ4v) is 6.76. The molecule has 1 aromatic rings. The summed E-state index contributed by atoms with van der Waals surface area (Å²) in [6.45, 7) is 4.61. The van der Waals surface area contributed by atoms with E-state index in [2.05, 4.69) is 49.5 Å². The third kappa shape index (κ3) is 22.6. The van der Waals surface area contributed by atoms with Gasteiger partial charge in [0.1, 0.15) is 14.1 Å². The number of nitrogens with zero attached hydrogens (tertiary/aromatic N) is 2. The van der Waals surface area contributed by atoms with Crippen LogP contribution in [-0.2, 0) is 26.9 Å². The number of rotatable bonds is 32. The highest BCUT2D eigenvalue weighted by Gasteiger charge is 2.22. The van der Waals surface area contributed by atoms with Crippen LogP contribution in [0.25, 0.3) is 0 Å². The first-order valence-electron chi connectivity index (χ1n) is 19.6. The van der Waals surface area contributed by atoms with Crippen molar-refractivity contribution in [3.63, 3.8) is 0 Å². The van der Waals surface area contributed by atoms with Crippen LogP contribution in [0.3, 0.4) is 0 Å². The van der Waals surface area contributed by atoms with Crippen molar-refractivity contribution in [2.45, 2.75) is 219 Å². The lowest BCUT2D eigenvalue weighted by Crippen LogP contribution is -2.45. The molecule has 0 bridgehead atoms. The van der Waals surface area contributed by atoms with Gasteiger partial charge in [0, 0.05) is 12.8 Å². The van der Waals surface area contributed by atoms with Crippen molar-refractivity contribution in [3.8, 4) is 0 Å². The zero-order valence-corrected chi connectivity index (χ0v) is 29.7. The van der Waals surface area contributed by atoms with Gasteiger partial charge in [-0.1, -0.05) is 194 Å². The van der Waals surface area contributed by atoms with E-state index in [4.69, 9.17) is 0 Å². The van der Waals surface area contributed by atoms with Crippen molar-refractivity contribution in [1.82, 2.24) is 0 Å². The molecule has 0 unspecified atom stereocenters. The molecule has 0 aliphatic carbocycles. The van der Waals surface area contributed by atoms with Crippen LogP contribution < -0.4 is 9.13 Å². The molecule has 2 nitrogen and oxygen atoms in total. The Bertz CT molecular complexity index is 638. The average molecular weight is 587 g/mol. The molecule has 2 heteroatoms. The lowest BCUT2D eigenvalue weighted by Gasteiger charge is -2.07. The number of hydrogen-bond donors (Lipinski definition) is 0. The molecule has 0 amide bonds. The van der Waals surface area contributed by atoms with Crippen LogP contribution in [0.15, 0.2) is 12.4 Å². The molecule has 1 rings (SSSR count). The minimum absolute atomic E-state index is 1.25. The van der Waals surface area contributed by atoms with Gasteiger partial charge in [0.25, 0.3) is 0 Å². The van der Waals surface area contributed by atoms with Gasteiger partial charge in [0.15, 0.2) is 0 Å². The van der Waals surface area contributed by atoms with Crippen LogP contribution in [0.4, 0.5) is 0 Å². The molecular formula is C40H78N2+2. The SMILES string of the molecule is CCCCCCCCCCCCCCCCCc1c(CCCCCCCCCCCCCCCCC)[n+](C)cc[n+]1C. The van der Waals surface area contributed by atoms with Gasteiger partial charge in [0.2, 0.25) is 23.8 Å². The first-order chi connectivity index (χ1) is 20.7. The van der Waals surface area contributed by atoms with E-state index < -0.39 is 0 Å². The minimum Gasteiger partial charge on any atom is -0.195 e. The van der Waals surface area contributed by atoms with Crippen molar-refractivity contribution in [3.05, 3.63) is 23.8 Å². The van der Waals surface area contributed by atoms with Gasteiger partial charge < -0.3 is 0 Å². The molecule has 0 aliphatic heterocycles. The van der Waals surface area contributed by atoms with E-state index in [1.165, 1.54) is 205 Å². The summed E-state index contributed by atoms with van der Waals surface area (Å²) in [6.07, 6.45) is 50.2. The van der Waals surface area contributed by atoms with Gasteiger partial charge in [-0.2, -0.15) is 9.13 Å². The van der Waals surface area contributed by atoms with Crippen LogP contribution in [0.5, 0.6) is 0 Å². The van der Waals surface area contributed by atoms with Crippen molar-refractivity contribution < 1.29 is 9.13 Å². The monoisotopic (exact) mass is 587 g/mol. The van der Waals surface area contributed by atoms with Crippen LogP contribution in [-0.4, -0.2) is 0 Å². The van der Waals surface area contributed by atoms with Gasteiger partial charge in [-0.25, -0.2) is 0 Å². The van der Waals surface area contributed by atoms with Crippen molar-refractivity contribution in [2.24, 2.45) is 14.1 Å². The second-order valence-corrected chi connectivity index (χ2v) is 13.8. The first-order valence-corrected chi connectivity index (χ1v) is 19.6. The predicted molar refractivity (Wildman–Crippen MR) is 186 cm³/mol. The van der Waals surface area contributed by atoms with E-state index in [9.17, 15) is 0 Å². The molecule has 0 saturated carbocycles. The third-order valence-electron chi connectivity index (χ3n) is 9.73. The molecule has 0 atom stereocenters. The highest BCUT2D eigenvalue weighted by Crippen LogP contribution is 2.16. The quantitative estimate of drug-likeness (QED) is 0.0586. The van der Waals surface area contributed by atoms with Gasteiger partial charge >= 0.3 is 0 Å². The maximum atomic E-state index is 2.41. The predicted octanol–water partition coefficient (Wildman–Crippen LogP) is 12.2. The highest BCUT2D eigenvalue weighted by molar-refractivity contribution is 5.00. The number of aryl methyl sites for hydroxylation is 2. The Morgan fingerprint density at radius 3 is 0.714 bits per heavy atom. The summed E-state index contributed by atoms with van der Waals surface area (Å²) in [5, 5.41) is 0. The summed E-state index contributed by atoms with van der Waals surface area (Å²) < 4.78 is 4.81. The Hall–Kier alpha value is -0.920. The molecule has 0 N–H and O–H groups in total. The second kappa shape index (κ2) is 30.1. The topological polar surface area (TPSA) is 7.76 Å². The molecule has 0 radical (unpaired) electrons. The lowest BCUT2D eigenvalue weighted by atomic mass is 10.0. The molecule has 42 heavy (non-hydrogen) atoms. The maximum absolute atomic E-state index is 2.41. The molecule has 1 heterocycles. The van der Waals surface area contributed by atoms with Gasteiger partial charge in [0.05, 0.1) is 0 Å². The normalized spacial score (nSPS) is 11.5. The fraction of sp³-hybridized carbons (Fsp3) is 0.900. The summed E-state index contributed by atoms with van der Waals surface area (Å²) in [7, 11) is 4.52. The Kier molecular flexibility index (Phi) is 28.0. The second-order valence-electron chi connectivity index (χ2n) is 13.8. The minimum atomic E-state index is 1.25. The van der Waals surface area contributed by atoms with Crippen molar-refractivity contribution in [1.29, 1.82) is 0 Å². The molecule has 0 aliphatic rings. The summed E-state index contributed by atoms with van der Waals surface area (Å²) in [5.74, 6) is 0. The van der Waals surface area contributed by atoms with Gasteiger partial charge in [-0.15, -0.1) is 0 Å². The van der Waals surface area contributed by atoms with Gasteiger partial charge in [-0.3, -0.25) is 0 Å². The summed E-state index contributed by atoms with van der Waals surface area (Å²) in [4.78, 5) is 0. The largest absolute Gasteiger partial charge is 0.248 e. The molecular weight excluding hydrogens is 508 g/mol. The average Bonchev–Trinajstić information content (AvgIpc) is 2.99.